The van der Waals surface area contributed by atoms with Gasteiger partial charge >= 0.3 is 11.9 Å². The Morgan fingerprint density at radius 1 is 1.40 bits per heavy atom. The van der Waals surface area contributed by atoms with Crippen molar-refractivity contribution in [1.82, 2.24) is 4.90 Å². The summed E-state index contributed by atoms with van der Waals surface area (Å²) >= 11 is 0. The minimum atomic E-state index is -1.03. The zero-order chi connectivity index (χ0) is 14.8. The molecule has 112 valence electrons. The van der Waals surface area contributed by atoms with Crippen LogP contribution < -0.4 is 0 Å². The van der Waals surface area contributed by atoms with E-state index >= 15 is 0 Å². The second-order valence-electron chi connectivity index (χ2n) is 5.39. The molecule has 6 nitrogen and oxygen atoms in total. The van der Waals surface area contributed by atoms with Gasteiger partial charge in [0.15, 0.2) is 5.60 Å². The molecule has 2 aliphatic rings. The van der Waals surface area contributed by atoms with Gasteiger partial charge in [-0.1, -0.05) is 6.08 Å². The first kappa shape index (κ1) is 14.8. The number of hydrogen-bond acceptors (Lipinski definition) is 6. The Morgan fingerprint density at radius 3 is 2.70 bits per heavy atom. The normalized spacial score (nSPS) is 20.9. The van der Waals surface area contributed by atoms with Crippen LogP contribution in [0.5, 0.6) is 0 Å². The molecule has 0 aromatic rings. The first-order valence-corrected chi connectivity index (χ1v) is 6.91. The molecule has 0 aliphatic carbocycles. The van der Waals surface area contributed by atoms with Gasteiger partial charge in [0, 0.05) is 19.2 Å². The predicted molar refractivity (Wildman–Crippen MR) is 70.6 cm³/mol. The lowest BCUT2D eigenvalue weighted by atomic mass is 10.0. The summed E-state index contributed by atoms with van der Waals surface area (Å²) in [7, 11) is 0. The van der Waals surface area contributed by atoms with Gasteiger partial charge in [-0.15, -0.1) is 0 Å². The van der Waals surface area contributed by atoms with Crippen LogP contribution in [-0.4, -0.2) is 48.4 Å². The highest BCUT2D eigenvalue weighted by molar-refractivity contribution is 5.88. The third-order valence-corrected chi connectivity index (χ3v) is 3.62. The van der Waals surface area contributed by atoms with E-state index in [4.69, 9.17) is 14.2 Å². The average Bonchev–Trinajstić information content (AvgIpc) is 2.64. The van der Waals surface area contributed by atoms with E-state index in [1.54, 1.807) is 20.8 Å². The maximum absolute atomic E-state index is 11.8. The molecular formula is C14H21NO5. The van der Waals surface area contributed by atoms with Crippen molar-refractivity contribution in [2.75, 3.05) is 19.9 Å². The molecule has 0 bridgehead atoms. The fraction of sp³-hybridized carbons (Fsp3) is 0.714. The summed E-state index contributed by atoms with van der Waals surface area (Å²) in [5.41, 5.74) is -0.447. The Kier molecular flexibility index (Phi) is 4.32. The minimum absolute atomic E-state index is 0.385. The van der Waals surface area contributed by atoms with E-state index in [1.165, 1.54) is 0 Å². The van der Waals surface area contributed by atoms with Gasteiger partial charge in [-0.3, -0.25) is 0 Å². The van der Waals surface area contributed by atoms with Crippen LogP contribution in [0.2, 0.25) is 0 Å². The maximum Gasteiger partial charge on any atom is 0.357 e. The highest BCUT2D eigenvalue weighted by atomic mass is 16.7. The van der Waals surface area contributed by atoms with Gasteiger partial charge in [0.2, 0.25) is 6.79 Å². The first-order valence-electron chi connectivity index (χ1n) is 6.91. The van der Waals surface area contributed by atoms with E-state index in [-0.39, 0.29) is 6.79 Å². The van der Waals surface area contributed by atoms with Crippen LogP contribution in [0.1, 0.15) is 33.6 Å². The van der Waals surface area contributed by atoms with Crippen molar-refractivity contribution < 1.29 is 23.8 Å². The summed E-state index contributed by atoms with van der Waals surface area (Å²) in [5.74, 6) is -0.983. The molecule has 2 heterocycles. The molecule has 20 heavy (non-hydrogen) atoms. The molecule has 0 radical (unpaired) electrons. The predicted octanol–water partition coefficient (Wildman–Crippen LogP) is 1.21. The molecule has 0 N–H and O–H groups in total. The van der Waals surface area contributed by atoms with Crippen LogP contribution in [0.3, 0.4) is 0 Å². The van der Waals surface area contributed by atoms with E-state index in [0.29, 0.717) is 18.3 Å². The Labute approximate surface area is 118 Å². The molecule has 0 aromatic carbocycles. The number of fused-ring (bicyclic) bond motifs is 1. The third-order valence-electron chi connectivity index (χ3n) is 3.62. The Morgan fingerprint density at radius 2 is 2.15 bits per heavy atom. The summed E-state index contributed by atoms with van der Waals surface area (Å²) in [6.45, 7) is 5.94. The van der Waals surface area contributed by atoms with Crippen LogP contribution >= 0.6 is 0 Å². The Balaban J connectivity index is 1.73. The van der Waals surface area contributed by atoms with E-state index in [1.807, 2.05) is 11.0 Å². The van der Waals surface area contributed by atoms with Gasteiger partial charge in [-0.05, 0) is 33.6 Å². The van der Waals surface area contributed by atoms with E-state index < -0.39 is 17.5 Å². The van der Waals surface area contributed by atoms with Crippen LogP contribution in [0.15, 0.2) is 11.8 Å². The van der Waals surface area contributed by atoms with Crippen LogP contribution in [-0.2, 0) is 23.8 Å². The molecular weight excluding hydrogens is 262 g/mol. The average molecular weight is 283 g/mol. The summed E-state index contributed by atoms with van der Waals surface area (Å²) < 4.78 is 15.1. The number of rotatable bonds is 6. The smallest absolute Gasteiger partial charge is 0.357 e. The lowest BCUT2D eigenvalue weighted by Crippen LogP contribution is -2.44. The van der Waals surface area contributed by atoms with E-state index in [9.17, 15) is 9.59 Å². The topological polar surface area (TPSA) is 65.1 Å². The van der Waals surface area contributed by atoms with Crippen LogP contribution in [0, 0.1) is 0 Å². The minimum Gasteiger partial charge on any atom is -0.426 e. The SMILES string of the molecule is CCOC(C)(C)C(=O)OCOC(=O)C1=CCC2CCN12. The van der Waals surface area contributed by atoms with Crippen molar-refractivity contribution in [1.29, 1.82) is 0 Å². The fourth-order valence-corrected chi connectivity index (χ4v) is 2.37. The molecule has 0 amide bonds. The summed E-state index contributed by atoms with van der Waals surface area (Å²) in [5, 5.41) is 0. The summed E-state index contributed by atoms with van der Waals surface area (Å²) in [6.07, 6.45) is 3.89. The van der Waals surface area contributed by atoms with Gasteiger partial charge in [0.25, 0.3) is 0 Å². The Hall–Kier alpha value is -1.56. The van der Waals surface area contributed by atoms with Crippen molar-refractivity contribution in [2.24, 2.45) is 0 Å². The van der Waals surface area contributed by atoms with Gasteiger partial charge in [0.05, 0.1) is 0 Å². The summed E-state index contributed by atoms with van der Waals surface area (Å²) in [6, 6.07) is 0.456. The highest BCUT2D eigenvalue weighted by Crippen LogP contribution is 2.32. The van der Waals surface area contributed by atoms with Crippen molar-refractivity contribution in [3.8, 4) is 0 Å². The first-order chi connectivity index (χ1) is 9.45. The molecule has 0 spiro atoms. The molecule has 2 aliphatic heterocycles. The van der Waals surface area contributed by atoms with Gasteiger partial charge in [0.1, 0.15) is 5.70 Å². The number of esters is 2. The molecule has 0 saturated carbocycles. The van der Waals surface area contributed by atoms with Crippen molar-refractivity contribution in [2.45, 2.75) is 45.3 Å². The molecule has 1 saturated heterocycles. The summed E-state index contributed by atoms with van der Waals surface area (Å²) in [4.78, 5) is 25.6. The quantitative estimate of drug-likeness (QED) is 0.539. The van der Waals surface area contributed by atoms with Gasteiger partial charge < -0.3 is 19.1 Å². The maximum atomic E-state index is 11.8. The molecule has 1 fully saturated rings. The number of hydrogen-bond donors (Lipinski definition) is 0. The van der Waals surface area contributed by atoms with Gasteiger partial charge in [-0.25, -0.2) is 9.59 Å². The van der Waals surface area contributed by atoms with Crippen molar-refractivity contribution in [3.63, 3.8) is 0 Å². The lowest BCUT2D eigenvalue weighted by molar-refractivity contribution is -0.182. The number of ether oxygens (including phenoxy) is 3. The van der Waals surface area contributed by atoms with Gasteiger partial charge in [-0.2, -0.15) is 0 Å². The fourth-order valence-electron chi connectivity index (χ4n) is 2.37. The third kappa shape index (κ3) is 2.95. The second kappa shape index (κ2) is 5.83. The van der Waals surface area contributed by atoms with E-state index in [2.05, 4.69) is 0 Å². The number of carbonyl (C=O) groups excluding carboxylic acids is 2. The molecule has 1 unspecified atom stereocenters. The number of carbonyl (C=O) groups is 2. The molecule has 6 heteroatoms. The zero-order valence-corrected chi connectivity index (χ0v) is 12.2. The van der Waals surface area contributed by atoms with E-state index in [0.717, 1.165) is 19.4 Å². The van der Waals surface area contributed by atoms with Crippen LogP contribution in [0.4, 0.5) is 0 Å². The Bertz CT molecular complexity index is 429. The number of nitrogens with zero attached hydrogens (tertiary/aromatic N) is 1. The highest BCUT2D eigenvalue weighted by Gasteiger charge is 2.37. The van der Waals surface area contributed by atoms with Crippen LogP contribution in [0.25, 0.3) is 0 Å². The molecule has 2 rings (SSSR count). The lowest BCUT2D eigenvalue weighted by Gasteiger charge is -2.38. The second-order valence-corrected chi connectivity index (χ2v) is 5.39. The standard InChI is InChI=1S/C14H21NO5/c1-4-20-14(2,3)13(17)19-9-18-12(16)11-6-5-10-7-8-15(10)11/h6,10H,4-5,7-9H2,1-3H3. The monoisotopic (exact) mass is 283 g/mol. The van der Waals surface area contributed by atoms with Crippen molar-refractivity contribution in [3.05, 3.63) is 11.8 Å². The largest absolute Gasteiger partial charge is 0.426 e. The molecule has 0 aromatic heterocycles. The zero-order valence-electron chi connectivity index (χ0n) is 12.2. The molecule has 1 atom stereocenters. The van der Waals surface area contributed by atoms with Crippen molar-refractivity contribution >= 4 is 11.9 Å².